The first-order valence-corrected chi connectivity index (χ1v) is 8.70. The van der Waals surface area contributed by atoms with Crippen LogP contribution in [-0.2, 0) is 9.47 Å². The second-order valence-corrected chi connectivity index (χ2v) is 6.47. The van der Waals surface area contributed by atoms with Gasteiger partial charge >= 0.3 is 6.03 Å². The van der Waals surface area contributed by atoms with Crippen molar-refractivity contribution in [2.75, 3.05) is 45.8 Å². The Morgan fingerprint density at radius 1 is 1.16 bits per heavy atom. The average Bonchev–Trinajstić information content (AvgIpc) is 2.63. The number of carbonyl (C=O) groups is 1. The fraction of sp³-hybridized carbons (Fsp3) is 0.588. The summed E-state index contributed by atoms with van der Waals surface area (Å²) in [6, 6.07) is 3.06. The Labute approximate surface area is 152 Å². The minimum atomic E-state index is -0.518. The third kappa shape index (κ3) is 3.94. The molecule has 0 aromatic heterocycles. The monoisotopic (exact) mass is 370 g/mol. The van der Waals surface area contributed by atoms with Gasteiger partial charge in [-0.15, -0.1) is 0 Å². The first kappa shape index (κ1) is 18.1. The maximum atomic E-state index is 12.6. The van der Waals surface area contributed by atoms with Crippen molar-refractivity contribution < 1.29 is 23.7 Å². The molecule has 1 aromatic carbocycles. The number of amides is 2. The minimum absolute atomic E-state index is 0.204. The van der Waals surface area contributed by atoms with Crippen LogP contribution in [0.25, 0.3) is 0 Å². The fourth-order valence-corrected chi connectivity index (χ4v) is 3.35. The molecule has 2 aliphatic rings. The van der Waals surface area contributed by atoms with Crippen LogP contribution < -0.4 is 14.8 Å². The number of nitrogens with zero attached hydrogens (tertiary/aromatic N) is 1. The molecule has 0 saturated carbocycles. The molecule has 1 spiro atoms. The minimum Gasteiger partial charge on any atom is -0.495 e. The van der Waals surface area contributed by atoms with Crippen molar-refractivity contribution in [2.45, 2.75) is 25.0 Å². The van der Waals surface area contributed by atoms with Gasteiger partial charge in [0, 0.05) is 32.0 Å². The van der Waals surface area contributed by atoms with Gasteiger partial charge in [-0.05, 0) is 12.5 Å². The molecule has 2 amide bonds. The number of rotatable bonds is 3. The van der Waals surface area contributed by atoms with Gasteiger partial charge < -0.3 is 29.2 Å². The molecule has 0 unspecified atom stereocenters. The lowest BCUT2D eigenvalue weighted by molar-refractivity contribution is -0.281. The van der Waals surface area contributed by atoms with E-state index in [0.717, 1.165) is 6.42 Å². The highest BCUT2D eigenvalue weighted by Gasteiger charge is 2.39. The number of likely N-dealkylation sites (tertiary alicyclic amines) is 1. The summed E-state index contributed by atoms with van der Waals surface area (Å²) in [6.45, 7) is 2.57. The highest BCUT2D eigenvalue weighted by molar-refractivity contribution is 6.32. The lowest BCUT2D eigenvalue weighted by Crippen LogP contribution is -2.52. The number of anilines is 1. The molecule has 8 heteroatoms. The molecular weight excluding hydrogens is 348 g/mol. The van der Waals surface area contributed by atoms with Crippen molar-refractivity contribution in [3.63, 3.8) is 0 Å². The molecule has 25 heavy (non-hydrogen) atoms. The van der Waals surface area contributed by atoms with Crippen LogP contribution >= 0.6 is 11.6 Å². The van der Waals surface area contributed by atoms with E-state index in [-0.39, 0.29) is 6.03 Å². The molecule has 3 rings (SSSR count). The van der Waals surface area contributed by atoms with Gasteiger partial charge in [-0.1, -0.05) is 11.6 Å². The van der Waals surface area contributed by atoms with E-state index in [1.165, 1.54) is 14.2 Å². The smallest absolute Gasteiger partial charge is 0.321 e. The Kier molecular flexibility index (Phi) is 5.56. The Bertz CT molecular complexity index is 624. The zero-order valence-corrected chi connectivity index (χ0v) is 15.2. The number of piperidine rings is 1. The van der Waals surface area contributed by atoms with Crippen molar-refractivity contribution in [1.82, 2.24) is 4.90 Å². The molecule has 0 bridgehead atoms. The van der Waals surface area contributed by atoms with Crippen LogP contribution in [0.15, 0.2) is 12.1 Å². The number of urea groups is 1. The maximum Gasteiger partial charge on any atom is 0.321 e. The van der Waals surface area contributed by atoms with Gasteiger partial charge in [-0.3, -0.25) is 0 Å². The number of carbonyl (C=O) groups excluding carboxylic acids is 1. The Morgan fingerprint density at radius 2 is 1.80 bits per heavy atom. The molecule has 2 saturated heterocycles. The Morgan fingerprint density at radius 3 is 2.40 bits per heavy atom. The lowest BCUT2D eigenvalue weighted by atomic mass is 10.0. The van der Waals surface area contributed by atoms with Crippen LogP contribution in [0.2, 0.25) is 5.02 Å². The Hall–Kier alpha value is -1.70. The highest BCUT2D eigenvalue weighted by Crippen LogP contribution is 2.36. The predicted molar refractivity (Wildman–Crippen MR) is 93.6 cm³/mol. The molecule has 0 atom stereocenters. The van der Waals surface area contributed by atoms with Crippen LogP contribution in [0, 0.1) is 0 Å². The number of benzene rings is 1. The molecule has 1 N–H and O–H groups in total. The molecule has 0 radical (unpaired) electrons. The van der Waals surface area contributed by atoms with Gasteiger partial charge in [-0.2, -0.15) is 0 Å². The number of halogens is 1. The second kappa shape index (κ2) is 7.68. The highest BCUT2D eigenvalue weighted by atomic mass is 35.5. The molecular formula is C17H23ClN2O5. The zero-order chi connectivity index (χ0) is 17.9. The summed E-state index contributed by atoms with van der Waals surface area (Å²) in [7, 11) is 3.05. The van der Waals surface area contributed by atoms with E-state index in [9.17, 15) is 4.79 Å². The van der Waals surface area contributed by atoms with Gasteiger partial charge in [-0.25, -0.2) is 4.79 Å². The number of nitrogens with one attached hydrogen (secondary N) is 1. The van der Waals surface area contributed by atoms with Crippen molar-refractivity contribution in [2.24, 2.45) is 0 Å². The summed E-state index contributed by atoms with van der Waals surface area (Å²) in [5.41, 5.74) is 0.503. The number of methoxy groups -OCH3 is 2. The topological polar surface area (TPSA) is 69.3 Å². The van der Waals surface area contributed by atoms with Crippen LogP contribution in [0.5, 0.6) is 11.5 Å². The molecule has 2 aliphatic heterocycles. The molecule has 0 aliphatic carbocycles. The third-order valence-corrected chi connectivity index (χ3v) is 4.84. The summed E-state index contributed by atoms with van der Waals surface area (Å²) >= 11 is 6.15. The third-order valence-electron chi connectivity index (χ3n) is 4.55. The van der Waals surface area contributed by atoms with E-state index >= 15 is 0 Å². The van der Waals surface area contributed by atoms with Gasteiger partial charge in [0.05, 0.1) is 38.1 Å². The van der Waals surface area contributed by atoms with Crippen LogP contribution in [0.4, 0.5) is 10.5 Å². The van der Waals surface area contributed by atoms with E-state index < -0.39 is 5.79 Å². The largest absolute Gasteiger partial charge is 0.495 e. The van der Waals surface area contributed by atoms with E-state index in [0.29, 0.717) is 61.4 Å². The van der Waals surface area contributed by atoms with Gasteiger partial charge in [0.25, 0.3) is 0 Å². The van der Waals surface area contributed by atoms with Crippen LogP contribution in [0.1, 0.15) is 19.3 Å². The summed E-state index contributed by atoms with van der Waals surface area (Å²) in [5.74, 6) is 0.459. The zero-order valence-electron chi connectivity index (χ0n) is 14.5. The predicted octanol–water partition coefficient (Wildman–Crippen LogP) is 3.12. The molecule has 7 nitrogen and oxygen atoms in total. The van der Waals surface area contributed by atoms with Crippen molar-refractivity contribution >= 4 is 23.3 Å². The van der Waals surface area contributed by atoms with Gasteiger partial charge in [0.2, 0.25) is 0 Å². The molecule has 2 heterocycles. The molecule has 1 aromatic rings. The molecule has 2 fully saturated rings. The van der Waals surface area contributed by atoms with E-state index in [1.807, 2.05) is 0 Å². The quantitative estimate of drug-likeness (QED) is 0.885. The molecule has 138 valence electrons. The maximum absolute atomic E-state index is 12.6. The number of ether oxygens (including phenoxy) is 4. The summed E-state index contributed by atoms with van der Waals surface area (Å²) in [4.78, 5) is 14.3. The summed E-state index contributed by atoms with van der Waals surface area (Å²) in [6.07, 6.45) is 2.26. The number of hydrogen-bond donors (Lipinski definition) is 1. The second-order valence-electron chi connectivity index (χ2n) is 6.07. The SMILES string of the molecule is COc1cc(OC)c(NC(=O)N2CCC3(CC2)OCCCO3)cc1Cl. The van der Waals surface area contributed by atoms with Crippen LogP contribution in [-0.4, -0.2) is 57.2 Å². The first-order chi connectivity index (χ1) is 12.1. The first-order valence-electron chi connectivity index (χ1n) is 8.32. The van der Waals surface area contributed by atoms with E-state index in [2.05, 4.69) is 5.32 Å². The fourth-order valence-electron chi connectivity index (χ4n) is 3.11. The summed E-state index contributed by atoms with van der Waals surface area (Å²) < 4.78 is 22.1. The van der Waals surface area contributed by atoms with Gasteiger partial charge in [0.15, 0.2) is 5.79 Å². The average molecular weight is 371 g/mol. The van der Waals surface area contributed by atoms with Crippen molar-refractivity contribution in [1.29, 1.82) is 0 Å². The Balaban J connectivity index is 1.64. The van der Waals surface area contributed by atoms with Gasteiger partial charge in [0.1, 0.15) is 11.5 Å². The van der Waals surface area contributed by atoms with Crippen molar-refractivity contribution in [3.05, 3.63) is 17.2 Å². The normalized spacial score (nSPS) is 19.6. The van der Waals surface area contributed by atoms with Crippen LogP contribution in [0.3, 0.4) is 0 Å². The number of hydrogen-bond acceptors (Lipinski definition) is 5. The standard InChI is InChI=1S/C17H23ClN2O5/c1-22-14-11-15(23-2)13(10-12(14)18)19-16(21)20-6-4-17(5-7-20)24-8-3-9-25-17/h10-11H,3-9H2,1-2H3,(H,19,21). The van der Waals surface area contributed by atoms with Crippen molar-refractivity contribution in [3.8, 4) is 11.5 Å². The van der Waals surface area contributed by atoms with E-state index in [1.54, 1.807) is 17.0 Å². The lowest BCUT2D eigenvalue weighted by Gasteiger charge is -2.43. The summed E-state index contributed by atoms with van der Waals surface area (Å²) in [5, 5.41) is 3.26. The van der Waals surface area contributed by atoms with E-state index in [4.69, 9.17) is 30.5 Å².